The molecule has 1 aliphatic rings. The second kappa shape index (κ2) is 7.63. The zero-order valence-corrected chi connectivity index (χ0v) is 18.2. The second-order valence-electron chi connectivity index (χ2n) is 9.01. The molecule has 2 unspecified atom stereocenters. The van der Waals surface area contributed by atoms with E-state index in [1.807, 2.05) is 44.1 Å². The van der Waals surface area contributed by atoms with Crippen molar-refractivity contribution in [3.05, 3.63) is 48.9 Å². The highest BCUT2D eigenvalue weighted by Gasteiger charge is 2.34. The van der Waals surface area contributed by atoms with Crippen LogP contribution in [0.5, 0.6) is 0 Å². The number of nitrogens with zero attached hydrogens (tertiary/aromatic N) is 5. The Morgan fingerprint density at radius 3 is 2.33 bits per heavy atom. The molecule has 1 aromatic carbocycles. The van der Waals surface area contributed by atoms with E-state index in [2.05, 4.69) is 53.1 Å². The number of rotatable bonds is 2. The summed E-state index contributed by atoms with van der Waals surface area (Å²) in [7, 11) is 0. The molecule has 158 valence electrons. The zero-order valence-electron chi connectivity index (χ0n) is 18.2. The van der Waals surface area contributed by atoms with Crippen molar-refractivity contribution >= 4 is 17.4 Å². The van der Waals surface area contributed by atoms with E-state index in [9.17, 15) is 4.79 Å². The molecule has 0 bridgehead atoms. The van der Waals surface area contributed by atoms with Crippen molar-refractivity contribution in [2.75, 3.05) is 18.0 Å². The van der Waals surface area contributed by atoms with E-state index in [1.54, 1.807) is 10.7 Å². The van der Waals surface area contributed by atoms with Gasteiger partial charge in [-0.25, -0.2) is 14.3 Å². The van der Waals surface area contributed by atoms with E-state index in [4.69, 9.17) is 4.74 Å². The van der Waals surface area contributed by atoms with Gasteiger partial charge in [0, 0.05) is 54.9 Å². The van der Waals surface area contributed by atoms with Crippen LogP contribution in [0.2, 0.25) is 0 Å². The van der Waals surface area contributed by atoms with Crippen LogP contribution in [0, 0.1) is 0 Å². The van der Waals surface area contributed by atoms with Crippen LogP contribution in [0.4, 0.5) is 10.5 Å². The van der Waals surface area contributed by atoms with E-state index in [0.717, 1.165) is 22.5 Å². The molecule has 1 aliphatic heterocycles. The van der Waals surface area contributed by atoms with Crippen LogP contribution < -0.4 is 4.90 Å². The van der Waals surface area contributed by atoms with E-state index in [-0.39, 0.29) is 18.2 Å². The Morgan fingerprint density at radius 1 is 1.03 bits per heavy atom. The van der Waals surface area contributed by atoms with Gasteiger partial charge in [0.25, 0.3) is 0 Å². The number of fused-ring (bicyclic) bond motifs is 1. The minimum atomic E-state index is -0.482. The molecule has 1 fully saturated rings. The summed E-state index contributed by atoms with van der Waals surface area (Å²) < 4.78 is 7.34. The fraction of sp³-hybridized carbons (Fsp3) is 0.435. The monoisotopic (exact) mass is 407 g/mol. The van der Waals surface area contributed by atoms with Gasteiger partial charge in [-0.3, -0.25) is 0 Å². The Balaban J connectivity index is 1.49. The number of hydrogen-bond acceptors (Lipinski definition) is 5. The maximum atomic E-state index is 12.5. The van der Waals surface area contributed by atoms with Gasteiger partial charge in [0.15, 0.2) is 5.65 Å². The molecule has 0 saturated carbocycles. The lowest BCUT2D eigenvalue weighted by Crippen LogP contribution is -2.58. The first-order valence-electron chi connectivity index (χ1n) is 10.4. The summed E-state index contributed by atoms with van der Waals surface area (Å²) in [5, 5.41) is 4.26. The summed E-state index contributed by atoms with van der Waals surface area (Å²) >= 11 is 0. The molecule has 2 atom stereocenters. The molecule has 3 aromatic rings. The van der Waals surface area contributed by atoms with Crippen molar-refractivity contribution in [2.45, 2.75) is 52.3 Å². The summed E-state index contributed by atoms with van der Waals surface area (Å²) in [6.07, 6.45) is 5.37. The minimum absolute atomic E-state index is 0.189. The minimum Gasteiger partial charge on any atom is -0.444 e. The van der Waals surface area contributed by atoms with Crippen LogP contribution in [-0.4, -0.2) is 56.4 Å². The van der Waals surface area contributed by atoms with Crippen LogP contribution in [0.15, 0.2) is 48.9 Å². The smallest absolute Gasteiger partial charge is 0.410 e. The Bertz CT molecular complexity index is 1030. The molecule has 0 spiro atoms. The van der Waals surface area contributed by atoms with Crippen molar-refractivity contribution in [3.63, 3.8) is 0 Å². The van der Waals surface area contributed by atoms with Gasteiger partial charge in [-0.05, 0) is 52.3 Å². The number of anilines is 1. The van der Waals surface area contributed by atoms with Gasteiger partial charge in [0.2, 0.25) is 0 Å². The van der Waals surface area contributed by atoms with Crippen molar-refractivity contribution in [3.8, 4) is 11.1 Å². The molecular weight excluding hydrogens is 378 g/mol. The molecule has 3 heterocycles. The summed E-state index contributed by atoms with van der Waals surface area (Å²) in [6, 6.07) is 10.8. The summed E-state index contributed by atoms with van der Waals surface area (Å²) in [6.45, 7) is 11.3. The van der Waals surface area contributed by atoms with Gasteiger partial charge in [-0.15, -0.1) is 0 Å². The largest absolute Gasteiger partial charge is 0.444 e. The number of piperazine rings is 1. The predicted octanol–water partition coefficient (Wildman–Crippen LogP) is 4.23. The predicted molar refractivity (Wildman–Crippen MR) is 118 cm³/mol. The molecule has 1 saturated heterocycles. The summed E-state index contributed by atoms with van der Waals surface area (Å²) in [4.78, 5) is 21.1. The van der Waals surface area contributed by atoms with Crippen molar-refractivity contribution < 1.29 is 9.53 Å². The highest BCUT2D eigenvalue weighted by molar-refractivity contribution is 5.70. The first-order chi connectivity index (χ1) is 14.2. The standard InChI is InChI=1S/C23H29N5O2/c1-16-13-26(22(29)30-23(3,4)5)14-17(2)28(16)20-8-6-18(7-9-20)19-12-24-21-10-11-25-27(21)15-19/h6-12,15-17H,13-14H2,1-5H3. The molecule has 0 aliphatic carbocycles. The highest BCUT2D eigenvalue weighted by atomic mass is 16.6. The van der Waals surface area contributed by atoms with Crippen LogP contribution in [0.1, 0.15) is 34.6 Å². The Morgan fingerprint density at radius 2 is 1.70 bits per heavy atom. The zero-order chi connectivity index (χ0) is 21.5. The molecule has 7 nitrogen and oxygen atoms in total. The average Bonchev–Trinajstić information content (AvgIpc) is 3.14. The number of hydrogen-bond donors (Lipinski definition) is 0. The molecule has 4 rings (SSSR count). The van der Waals surface area contributed by atoms with Crippen molar-refractivity contribution in [1.82, 2.24) is 19.5 Å². The van der Waals surface area contributed by atoms with Gasteiger partial charge in [-0.2, -0.15) is 5.10 Å². The quantitative estimate of drug-likeness (QED) is 0.636. The van der Waals surface area contributed by atoms with E-state index < -0.39 is 5.60 Å². The van der Waals surface area contributed by atoms with Gasteiger partial charge < -0.3 is 14.5 Å². The SMILES string of the molecule is CC1CN(C(=O)OC(C)(C)C)CC(C)N1c1ccc(-c2cnc3ccnn3c2)cc1. The third-order valence-electron chi connectivity index (χ3n) is 5.32. The van der Waals surface area contributed by atoms with E-state index >= 15 is 0 Å². The van der Waals surface area contributed by atoms with Gasteiger partial charge in [0.05, 0.1) is 6.20 Å². The fourth-order valence-corrected chi connectivity index (χ4v) is 4.09. The van der Waals surface area contributed by atoms with E-state index in [0.29, 0.717) is 13.1 Å². The van der Waals surface area contributed by atoms with Crippen molar-refractivity contribution in [1.29, 1.82) is 0 Å². The van der Waals surface area contributed by atoms with Gasteiger partial charge in [0.1, 0.15) is 5.60 Å². The number of ether oxygens (including phenoxy) is 1. The first kappa shape index (κ1) is 20.2. The summed E-state index contributed by atoms with van der Waals surface area (Å²) in [5.74, 6) is 0. The van der Waals surface area contributed by atoms with Gasteiger partial charge in [-0.1, -0.05) is 12.1 Å². The number of carbonyl (C=O) groups is 1. The molecular formula is C23H29N5O2. The van der Waals surface area contributed by atoms with Crippen LogP contribution in [0.3, 0.4) is 0 Å². The lowest BCUT2D eigenvalue weighted by molar-refractivity contribution is 0.0193. The molecule has 7 heteroatoms. The van der Waals surface area contributed by atoms with Crippen LogP contribution >= 0.6 is 0 Å². The second-order valence-corrected chi connectivity index (χ2v) is 9.01. The maximum absolute atomic E-state index is 12.5. The third kappa shape index (κ3) is 4.10. The van der Waals surface area contributed by atoms with Crippen molar-refractivity contribution in [2.24, 2.45) is 0 Å². The molecule has 0 radical (unpaired) electrons. The number of amides is 1. The first-order valence-corrected chi connectivity index (χ1v) is 10.4. The van der Waals surface area contributed by atoms with Crippen LogP contribution in [-0.2, 0) is 4.74 Å². The normalized spacial score (nSPS) is 19.9. The average molecular weight is 408 g/mol. The molecule has 30 heavy (non-hydrogen) atoms. The maximum Gasteiger partial charge on any atom is 0.410 e. The Labute approximate surface area is 177 Å². The number of benzene rings is 1. The third-order valence-corrected chi connectivity index (χ3v) is 5.32. The Hall–Kier alpha value is -3.09. The highest BCUT2D eigenvalue weighted by Crippen LogP contribution is 2.28. The molecule has 0 N–H and O–H groups in total. The van der Waals surface area contributed by atoms with Gasteiger partial charge >= 0.3 is 6.09 Å². The number of aromatic nitrogens is 3. The Kier molecular flexibility index (Phi) is 5.13. The topological polar surface area (TPSA) is 63.0 Å². The molecule has 2 aromatic heterocycles. The fourth-order valence-electron chi connectivity index (χ4n) is 4.09. The lowest BCUT2D eigenvalue weighted by Gasteiger charge is -2.45. The number of carbonyl (C=O) groups excluding carboxylic acids is 1. The lowest BCUT2D eigenvalue weighted by atomic mass is 10.0. The molecule has 1 amide bonds. The van der Waals surface area contributed by atoms with E-state index in [1.165, 1.54) is 0 Å². The van der Waals surface area contributed by atoms with Crippen LogP contribution in [0.25, 0.3) is 16.8 Å². The summed E-state index contributed by atoms with van der Waals surface area (Å²) in [5.41, 5.74) is 3.62.